The molecular weight excluding hydrogens is 302 g/mol. The van der Waals surface area contributed by atoms with Crippen molar-refractivity contribution in [1.29, 1.82) is 0 Å². The van der Waals surface area contributed by atoms with E-state index in [2.05, 4.69) is 0 Å². The highest BCUT2D eigenvalue weighted by molar-refractivity contribution is 7.88. The van der Waals surface area contributed by atoms with Crippen LogP contribution < -0.4 is 0 Å². The fraction of sp³-hybridized carbons (Fsp3) is 0.462. The number of aliphatic carboxylic acids is 1. The third-order valence-corrected chi connectivity index (χ3v) is 5.59. The van der Waals surface area contributed by atoms with Crippen LogP contribution in [0.5, 0.6) is 0 Å². The van der Waals surface area contributed by atoms with Gasteiger partial charge in [0, 0.05) is 18.1 Å². The molecule has 0 unspecified atom stereocenters. The summed E-state index contributed by atoms with van der Waals surface area (Å²) in [5.41, 5.74) is 0.534. The van der Waals surface area contributed by atoms with Gasteiger partial charge in [0.05, 0.1) is 11.7 Å². The monoisotopic (exact) mass is 317 g/mol. The van der Waals surface area contributed by atoms with E-state index in [9.17, 15) is 13.2 Å². The molecule has 1 aromatic rings. The average molecular weight is 318 g/mol. The van der Waals surface area contributed by atoms with Gasteiger partial charge in [0.1, 0.15) is 0 Å². The van der Waals surface area contributed by atoms with Gasteiger partial charge in [-0.3, -0.25) is 4.79 Å². The molecule has 110 valence electrons. The second-order valence-corrected chi connectivity index (χ2v) is 7.26. The Kier molecular flexibility index (Phi) is 4.67. The van der Waals surface area contributed by atoms with Crippen molar-refractivity contribution in [2.45, 2.75) is 18.6 Å². The van der Waals surface area contributed by atoms with Crippen LogP contribution in [-0.2, 0) is 20.6 Å². The molecule has 1 N–H and O–H groups in total. The number of nitrogens with zero attached hydrogens (tertiary/aromatic N) is 1. The molecule has 5 nitrogen and oxygen atoms in total. The standard InChI is InChI=1S/C13H16ClNO4S/c14-12-6-2-1-4-11(12)9-20(18,19)15-7-3-5-10(8-15)13(16)17/h1-2,4,6,10H,3,5,7-9H2,(H,16,17)/t10-/m1/s1. The Balaban J connectivity index is 2.14. The predicted molar refractivity (Wildman–Crippen MR) is 76.0 cm³/mol. The summed E-state index contributed by atoms with van der Waals surface area (Å²) in [6.07, 6.45) is 1.09. The van der Waals surface area contributed by atoms with Gasteiger partial charge in [-0.05, 0) is 24.5 Å². The molecule has 2 rings (SSSR count). The Hall–Kier alpha value is -1.11. The van der Waals surface area contributed by atoms with Gasteiger partial charge in [0.15, 0.2) is 0 Å². The predicted octanol–water partition coefficient (Wildman–Crippen LogP) is 1.97. The van der Waals surface area contributed by atoms with Gasteiger partial charge in [-0.2, -0.15) is 0 Å². The number of hydrogen-bond acceptors (Lipinski definition) is 3. The summed E-state index contributed by atoms with van der Waals surface area (Å²) in [6, 6.07) is 6.77. The first-order chi connectivity index (χ1) is 9.40. The van der Waals surface area contributed by atoms with Crippen LogP contribution in [0.1, 0.15) is 18.4 Å². The van der Waals surface area contributed by atoms with Crippen molar-refractivity contribution >= 4 is 27.6 Å². The Bertz CT molecular complexity index is 602. The Morgan fingerprint density at radius 3 is 2.75 bits per heavy atom. The van der Waals surface area contributed by atoms with Crippen molar-refractivity contribution in [2.24, 2.45) is 5.92 Å². The van der Waals surface area contributed by atoms with E-state index >= 15 is 0 Å². The molecule has 20 heavy (non-hydrogen) atoms. The summed E-state index contributed by atoms with van der Waals surface area (Å²) in [5.74, 6) is -1.76. The smallest absolute Gasteiger partial charge is 0.307 e. The number of sulfonamides is 1. The summed E-state index contributed by atoms with van der Waals surface area (Å²) in [5, 5.41) is 9.42. The molecule has 1 aromatic carbocycles. The lowest BCUT2D eigenvalue weighted by molar-refractivity contribution is -0.142. The molecule has 0 spiro atoms. The molecule has 1 aliphatic heterocycles. The van der Waals surface area contributed by atoms with Crippen LogP contribution in [0.4, 0.5) is 0 Å². The summed E-state index contributed by atoms with van der Waals surface area (Å²) in [4.78, 5) is 11.0. The van der Waals surface area contributed by atoms with Crippen LogP contribution in [0.25, 0.3) is 0 Å². The van der Waals surface area contributed by atoms with Crippen LogP contribution in [-0.4, -0.2) is 36.9 Å². The van der Waals surface area contributed by atoms with Crippen molar-refractivity contribution in [3.63, 3.8) is 0 Å². The topological polar surface area (TPSA) is 74.7 Å². The summed E-state index contributed by atoms with van der Waals surface area (Å²) in [6.45, 7) is 0.415. The highest BCUT2D eigenvalue weighted by atomic mass is 35.5. The zero-order chi connectivity index (χ0) is 14.8. The first-order valence-corrected chi connectivity index (χ1v) is 8.33. The zero-order valence-corrected chi connectivity index (χ0v) is 12.4. The van der Waals surface area contributed by atoms with Crippen molar-refractivity contribution < 1.29 is 18.3 Å². The number of benzene rings is 1. The van der Waals surface area contributed by atoms with Gasteiger partial charge in [0.25, 0.3) is 0 Å². The van der Waals surface area contributed by atoms with E-state index in [1.54, 1.807) is 24.3 Å². The minimum atomic E-state index is -3.54. The minimum Gasteiger partial charge on any atom is -0.481 e. The third kappa shape index (κ3) is 3.50. The van der Waals surface area contributed by atoms with Crippen LogP contribution in [0.3, 0.4) is 0 Å². The number of halogens is 1. The summed E-state index contributed by atoms with van der Waals surface area (Å²) >= 11 is 5.97. The molecule has 0 bridgehead atoms. The maximum absolute atomic E-state index is 12.3. The molecule has 1 saturated heterocycles. The van der Waals surface area contributed by atoms with E-state index in [4.69, 9.17) is 16.7 Å². The molecule has 0 saturated carbocycles. The molecule has 1 heterocycles. The second-order valence-electron chi connectivity index (χ2n) is 4.88. The van der Waals surface area contributed by atoms with Gasteiger partial charge in [0.2, 0.25) is 10.0 Å². The van der Waals surface area contributed by atoms with E-state index in [0.717, 1.165) is 0 Å². The zero-order valence-electron chi connectivity index (χ0n) is 10.8. The lowest BCUT2D eigenvalue weighted by Crippen LogP contribution is -2.42. The maximum Gasteiger partial charge on any atom is 0.307 e. The first kappa shape index (κ1) is 15.3. The van der Waals surface area contributed by atoms with E-state index in [1.807, 2.05) is 0 Å². The van der Waals surface area contributed by atoms with Crippen molar-refractivity contribution in [3.05, 3.63) is 34.9 Å². The molecule has 1 aliphatic rings. The highest BCUT2D eigenvalue weighted by Crippen LogP contribution is 2.24. The van der Waals surface area contributed by atoms with Gasteiger partial charge in [-0.1, -0.05) is 29.8 Å². The number of hydrogen-bond donors (Lipinski definition) is 1. The van der Waals surface area contributed by atoms with Crippen molar-refractivity contribution in [2.75, 3.05) is 13.1 Å². The van der Waals surface area contributed by atoms with Crippen LogP contribution in [0, 0.1) is 5.92 Å². The molecule has 0 aliphatic carbocycles. The Labute approximate surface area is 123 Å². The molecule has 0 amide bonds. The highest BCUT2D eigenvalue weighted by Gasteiger charge is 2.32. The number of carbonyl (C=O) groups is 1. The third-order valence-electron chi connectivity index (χ3n) is 3.42. The molecule has 0 aromatic heterocycles. The quantitative estimate of drug-likeness (QED) is 0.921. The number of carboxylic acid groups (broad SMARTS) is 1. The molecule has 1 atom stereocenters. The summed E-state index contributed by atoms with van der Waals surface area (Å²) < 4.78 is 26.0. The second kappa shape index (κ2) is 6.11. The van der Waals surface area contributed by atoms with Crippen LogP contribution in [0.2, 0.25) is 5.02 Å². The normalized spacial score (nSPS) is 20.8. The average Bonchev–Trinajstić information content (AvgIpc) is 2.41. The van der Waals surface area contributed by atoms with Gasteiger partial charge >= 0.3 is 5.97 Å². The number of rotatable bonds is 4. The lowest BCUT2D eigenvalue weighted by atomic mass is 10.0. The maximum atomic E-state index is 12.3. The van der Waals surface area contributed by atoms with Crippen LogP contribution in [0.15, 0.2) is 24.3 Å². The Morgan fingerprint density at radius 1 is 1.40 bits per heavy atom. The molecule has 1 fully saturated rings. The largest absolute Gasteiger partial charge is 0.481 e. The fourth-order valence-electron chi connectivity index (χ4n) is 2.30. The first-order valence-electron chi connectivity index (χ1n) is 6.34. The summed E-state index contributed by atoms with van der Waals surface area (Å²) in [7, 11) is -3.54. The van der Waals surface area contributed by atoms with Crippen LogP contribution >= 0.6 is 11.6 Å². The van der Waals surface area contributed by atoms with Gasteiger partial charge in [-0.25, -0.2) is 12.7 Å². The van der Waals surface area contributed by atoms with E-state index in [1.165, 1.54) is 4.31 Å². The van der Waals surface area contributed by atoms with E-state index < -0.39 is 21.9 Å². The van der Waals surface area contributed by atoms with Crippen molar-refractivity contribution in [1.82, 2.24) is 4.31 Å². The van der Waals surface area contributed by atoms with E-state index in [-0.39, 0.29) is 12.3 Å². The molecule has 0 radical (unpaired) electrons. The minimum absolute atomic E-state index is 0.0438. The molecular formula is C13H16ClNO4S. The molecule has 7 heteroatoms. The SMILES string of the molecule is O=C(O)[C@@H]1CCCN(S(=O)(=O)Cc2ccccc2Cl)C1. The van der Waals surface area contributed by atoms with Crippen molar-refractivity contribution in [3.8, 4) is 0 Å². The van der Waals surface area contributed by atoms with Gasteiger partial charge in [-0.15, -0.1) is 0 Å². The van der Waals surface area contributed by atoms with E-state index in [0.29, 0.717) is 30.0 Å². The Morgan fingerprint density at radius 2 is 2.10 bits per heavy atom. The number of carboxylic acids is 1. The van der Waals surface area contributed by atoms with Gasteiger partial charge < -0.3 is 5.11 Å². The lowest BCUT2D eigenvalue weighted by Gasteiger charge is -2.29. The fourth-order valence-corrected chi connectivity index (χ4v) is 4.22. The number of piperidine rings is 1.